The second-order valence-corrected chi connectivity index (χ2v) is 6.75. The van der Waals surface area contributed by atoms with Crippen LogP contribution in [0.4, 0.5) is 5.69 Å². The molecule has 0 saturated carbocycles. The Kier molecular flexibility index (Phi) is 5.24. The zero-order chi connectivity index (χ0) is 17.8. The van der Waals surface area contributed by atoms with Crippen LogP contribution in [-0.2, 0) is 9.59 Å². The van der Waals surface area contributed by atoms with E-state index in [4.69, 9.17) is 0 Å². The van der Waals surface area contributed by atoms with Gasteiger partial charge in [0.2, 0.25) is 11.8 Å². The van der Waals surface area contributed by atoms with Gasteiger partial charge in [-0.1, -0.05) is 24.3 Å². The lowest BCUT2D eigenvalue weighted by atomic mass is 9.93. The molecule has 2 aromatic rings. The highest BCUT2D eigenvalue weighted by Crippen LogP contribution is 2.33. The number of fused-ring (bicyclic) bond motifs is 1. The highest BCUT2D eigenvalue weighted by Gasteiger charge is 2.28. The van der Waals surface area contributed by atoms with Gasteiger partial charge in [-0.05, 0) is 47.7 Å². The maximum absolute atomic E-state index is 12.5. The molecule has 5 heteroatoms. The molecule has 2 amide bonds. The number of carbonyl (C=O) groups is 2. The lowest BCUT2D eigenvalue weighted by molar-refractivity contribution is -0.129. The van der Waals surface area contributed by atoms with Crippen molar-refractivity contribution < 1.29 is 9.59 Å². The van der Waals surface area contributed by atoms with Gasteiger partial charge in [0.05, 0.1) is 12.5 Å². The number of hydrogen-bond acceptors (Lipinski definition) is 3. The Hall–Kier alpha value is -2.53. The van der Waals surface area contributed by atoms with E-state index in [2.05, 4.69) is 5.32 Å². The van der Waals surface area contributed by atoms with E-state index < -0.39 is 0 Å². The van der Waals surface area contributed by atoms with Gasteiger partial charge in [-0.2, -0.15) is 0 Å². The summed E-state index contributed by atoms with van der Waals surface area (Å²) in [6.45, 7) is 1.52. The first-order valence-electron chi connectivity index (χ1n) is 8.08. The monoisotopic (exact) mass is 352 g/mol. The first-order chi connectivity index (χ1) is 12.1. The molecule has 0 aliphatic carbocycles. The van der Waals surface area contributed by atoms with Crippen LogP contribution in [0.5, 0.6) is 0 Å². The second kappa shape index (κ2) is 7.57. The van der Waals surface area contributed by atoms with E-state index in [1.165, 1.54) is 6.92 Å². The fourth-order valence-electron chi connectivity index (χ4n) is 2.98. The minimum atomic E-state index is -0.288. The predicted octanol–water partition coefficient (Wildman–Crippen LogP) is 4.31. The number of anilines is 1. The molecule has 0 saturated heterocycles. The van der Waals surface area contributed by atoms with Gasteiger partial charge < -0.3 is 10.2 Å². The van der Waals surface area contributed by atoms with Crippen molar-refractivity contribution in [1.82, 2.24) is 4.90 Å². The number of nitrogens with zero attached hydrogens (tertiary/aromatic N) is 1. The molecule has 1 aliphatic heterocycles. The number of hydrogen-bond donors (Lipinski definition) is 1. The summed E-state index contributed by atoms with van der Waals surface area (Å²) >= 11 is 1.66. The van der Waals surface area contributed by atoms with Crippen LogP contribution in [0.1, 0.15) is 30.5 Å². The van der Waals surface area contributed by atoms with Crippen molar-refractivity contribution in [2.75, 3.05) is 11.6 Å². The SMILES string of the molecule is CSc1ccc(NC(=O)C[C@@H]2c3ccccc3C=CN2C(C)=O)cc1. The van der Waals surface area contributed by atoms with Crippen molar-refractivity contribution in [3.8, 4) is 0 Å². The molecule has 0 bridgehead atoms. The van der Waals surface area contributed by atoms with Crippen molar-refractivity contribution >= 4 is 35.3 Å². The van der Waals surface area contributed by atoms with Crippen molar-refractivity contribution in [1.29, 1.82) is 0 Å². The van der Waals surface area contributed by atoms with Crippen LogP contribution >= 0.6 is 11.8 Å². The normalized spacial score (nSPS) is 15.6. The van der Waals surface area contributed by atoms with Crippen LogP contribution in [0.15, 0.2) is 59.6 Å². The van der Waals surface area contributed by atoms with E-state index >= 15 is 0 Å². The molecule has 0 fully saturated rings. The Bertz CT molecular complexity index is 815. The number of benzene rings is 2. The molecule has 25 heavy (non-hydrogen) atoms. The van der Waals surface area contributed by atoms with Crippen LogP contribution in [0.3, 0.4) is 0 Å². The second-order valence-electron chi connectivity index (χ2n) is 5.87. The van der Waals surface area contributed by atoms with Crippen molar-refractivity contribution in [3.05, 3.63) is 65.9 Å². The zero-order valence-electron chi connectivity index (χ0n) is 14.2. The summed E-state index contributed by atoms with van der Waals surface area (Å²) in [5, 5.41) is 2.92. The molecular weight excluding hydrogens is 332 g/mol. The third kappa shape index (κ3) is 3.94. The van der Waals surface area contributed by atoms with E-state index in [1.807, 2.05) is 60.9 Å². The summed E-state index contributed by atoms with van der Waals surface area (Å²) in [4.78, 5) is 27.3. The van der Waals surface area contributed by atoms with Gasteiger partial charge in [-0.15, -0.1) is 11.8 Å². The summed E-state index contributed by atoms with van der Waals surface area (Å²) in [6, 6.07) is 15.3. The van der Waals surface area contributed by atoms with Crippen molar-refractivity contribution in [2.24, 2.45) is 0 Å². The van der Waals surface area contributed by atoms with Crippen LogP contribution < -0.4 is 5.32 Å². The maximum Gasteiger partial charge on any atom is 0.226 e. The minimum absolute atomic E-state index is 0.0760. The maximum atomic E-state index is 12.5. The quantitative estimate of drug-likeness (QED) is 0.834. The Labute approximate surface area is 151 Å². The summed E-state index contributed by atoms with van der Waals surface area (Å²) in [7, 11) is 0. The van der Waals surface area contributed by atoms with E-state index in [9.17, 15) is 9.59 Å². The van der Waals surface area contributed by atoms with E-state index in [1.54, 1.807) is 22.9 Å². The largest absolute Gasteiger partial charge is 0.326 e. The Morgan fingerprint density at radius 2 is 1.84 bits per heavy atom. The van der Waals surface area contributed by atoms with E-state index in [0.717, 1.165) is 21.7 Å². The highest BCUT2D eigenvalue weighted by molar-refractivity contribution is 7.98. The molecule has 4 nitrogen and oxygen atoms in total. The lowest BCUT2D eigenvalue weighted by Crippen LogP contribution is -2.33. The van der Waals surface area contributed by atoms with Gasteiger partial charge in [-0.25, -0.2) is 0 Å². The third-order valence-corrected chi connectivity index (χ3v) is 4.97. The third-order valence-electron chi connectivity index (χ3n) is 4.22. The fourth-order valence-corrected chi connectivity index (χ4v) is 3.38. The molecule has 0 aromatic heterocycles. The zero-order valence-corrected chi connectivity index (χ0v) is 15.0. The van der Waals surface area contributed by atoms with Crippen molar-refractivity contribution in [2.45, 2.75) is 24.3 Å². The van der Waals surface area contributed by atoms with E-state index in [0.29, 0.717) is 0 Å². The molecule has 0 unspecified atom stereocenters. The molecule has 3 rings (SSSR count). The van der Waals surface area contributed by atoms with Crippen LogP contribution in [-0.4, -0.2) is 23.0 Å². The number of rotatable bonds is 4. The summed E-state index contributed by atoms with van der Waals surface area (Å²) < 4.78 is 0. The minimum Gasteiger partial charge on any atom is -0.326 e. The predicted molar refractivity (Wildman–Crippen MR) is 102 cm³/mol. The first-order valence-corrected chi connectivity index (χ1v) is 9.31. The molecule has 1 aliphatic rings. The number of nitrogens with one attached hydrogen (secondary N) is 1. The van der Waals surface area contributed by atoms with Crippen LogP contribution in [0.2, 0.25) is 0 Å². The molecule has 0 radical (unpaired) electrons. The highest BCUT2D eigenvalue weighted by atomic mass is 32.2. The number of thioether (sulfide) groups is 1. The number of amides is 2. The first kappa shape index (κ1) is 17.3. The van der Waals surface area contributed by atoms with Gasteiger partial charge in [0.15, 0.2) is 0 Å². The molecule has 1 N–H and O–H groups in total. The topological polar surface area (TPSA) is 49.4 Å². The summed E-state index contributed by atoms with van der Waals surface area (Å²) in [5.74, 6) is -0.189. The smallest absolute Gasteiger partial charge is 0.226 e. The molecule has 2 aromatic carbocycles. The van der Waals surface area contributed by atoms with Gasteiger partial charge >= 0.3 is 0 Å². The van der Waals surface area contributed by atoms with Crippen LogP contribution in [0.25, 0.3) is 6.08 Å². The molecule has 128 valence electrons. The summed E-state index contributed by atoms with van der Waals surface area (Å²) in [6.07, 6.45) is 5.89. The average molecular weight is 352 g/mol. The Morgan fingerprint density at radius 1 is 1.12 bits per heavy atom. The fraction of sp³-hybridized carbons (Fsp3) is 0.200. The molecule has 1 heterocycles. The van der Waals surface area contributed by atoms with E-state index in [-0.39, 0.29) is 24.3 Å². The molecule has 1 atom stereocenters. The average Bonchev–Trinajstić information content (AvgIpc) is 2.62. The van der Waals surface area contributed by atoms with Crippen LogP contribution in [0, 0.1) is 0 Å². The van der Waals surface area contributed by atoms with Gasteiger partial charge in [-0.3, -0.25) is 9.59 Å². The van der Waals surface area contributed by atoms with Gasteiger partial charge in [0.1, 0.15) is 0 Å². The van der Waals surface area contributed by atoms with Crippen molar-refractivity contribution in [3.63, 3.8) is 0 Å². The molecular formula is C20H20N2O2S. The Morgan fingerprint density at radius 3 is 2.52 bits per heavy atom. The Balaban J connectivity index is 1.77. The summed E-state index contributed by atoms with van der Waals surface area (Å²) in [5.41, 5.74) is 2.80. The van der Waals surface area contributed by atoms with Gasteiger partial charge in [0.25, 0.3) is 0 Å². The number of carbonyl (C=O) groups excluding carboxylic acids is 2. The lowest BCUT2D eigenvalue weighted by Gasteiger charge is -2.32. The standard InChI is InChI=1S/C20H20N2O2S/c1-14(23)22-12-11-15-5-3-4-6-18(15)19(22)13-20(24)21-16-7-9-17(25-2)10-8-16/h3-12,19H,13H2,1-2H3,(H,21,24)/t19-/m1/s1. The van der Waals surface area contributed by atoms with Gasteiger partial charge in [0, 0.05) is 23.7 Å². The molecule has 0 spiro atoms.